The van der Waals surface area contributed by atoms with Gasteiger partial charge in [-0.05, 0) is 50.4 Å². The van der Waals surface area contributed by atoms with Gasteiger partial charge in [-0.2, -0.15) is 0 Å². The highest BCUT2D eigenvalue weighted by Crippen LogP contribution is 2.30. The van der Waals surface area contributed by atoms with Crippen molar-refractivity contribution in [2.75, 3.05) is 11.9 Å². The molecule has 112 valence electrons. The summed E-state index contributed by atoms with van der Waals surface area (Å²) in [5.41, 5.74) is 1.76. The van der Waals surface area contributed by atoms with E-state index in [0.29, 0.717) is 5.13 Å². The maximum absolute atomic E-state index is 12.7. The molecule has 3 rings (SSSR count). The quantitative estimate of drug-likeness (QED) is 0.909. The van der Waals surface area contributed by atoms with Crippen LogP contribution in [0.15, 0.2) is 18.2 Å². The van der Waals surface area contributed by atoms with Gasteiger partial charge in [0.15, 0.2) is 5.13 Å². The molecule has 0 aliphatic carbocycles. The fraction of sp³-hybridized carbons (Fsp3) is 0.500. The Morgan fingerprint density at radius 1 is 1.52 bits per heavy atom. The molecule has 1 unspecified atom stereocenters. The molecule has 1 aliphatic rings. The molecular weight excluding hydrogens is 282 g/mol. The van der Waals surface area contributed by atoms with Gasteiger partial charge in [-0.25, -0.2) is 4.98 Å². The van der Waals surface area contributed by atoms with Gasteiger partial charge in [0.05, 0.1) is 15.8 Å². The van der Waals surface area contributed by atoms with E-state index in [9.17, 15) is 4.79 Å². The van der Waals surface area contributed by atoms with Gasteiger partial charge in [-0.3, -0.25) is 4.79 Å². The van der Waals surface area contributed by atoms with Crippen LogP contribution in [0.5, 0.6) is 0 Å². The Kier molecular flexibility index (Phi) is 3.95. The van der Waals surface area contributed by atoms with E-state index in [2.05, 4.69) is 35.5 Å². The fourth-order valence-electron chi connectivity index (χ4n) is 3.06. The number of rotatable bonds is 4. The van der Waals surface area contributed by atoms with Gasteiger partial charge in [0.25, 0.3) is 0 Å². The second-order valence-electron chi connectivity index (χ2n) is 5.81. The maximum Gasteiger partial charge on any atom is 0.246 e. The van der Waals surface area contributed by atoms with Gasteiger partial charge in [-0.1, -0.05) is 30.7 Å². The maximum atomic E-state index is 12.7. The van der Waals surface area contributed by atoms with Crippen molar-refractivity contribution >= 4 is 32.6 Å². The van der Waals surface area contributed by atoms with Gasteiger partial charge in [0.1, 0.15) is 0 Å². The fourth-order valence-corrected chi connectivity index (χ4v) is 4.01. The molecule has 4 nitrogen and oxygen atoms in total. The van der Waals surface area contributed by atoms with E-state index in [0.717, 1.165) is 42.4 Å². The zero-order valence-electron chi connectivity index (χ0n) is 12.5. The SMILES string of the molecule is CCCC1(C(=O)Nc2nc3ccc(C)cc3s2)CCCN1. The largest absolute Gasteiger partial charge is 0.303 e. The minimum atomic E-state index is -0.400. The molecule has 2 N–H and O–H groups in total. The number of thiazole rings is 1. The van der Waals surface area contributed by atoms with Crippen molar-refractivity contribution in [2.24, 2.45) is 0 Å². The summed E-state index contributed by atoms with van der Waals surface area (Å²) in [7, 11) is 0. The van der Waals surface area contributed by atoms with E-state index in [1.807, 2.05) is 12.1 Å². The standard InChI is InChI=1S/C16H21N3OS/c1-3-7-16(8-4-9-17-16)14(20)19-15-18-12-6-5-11(2)10-13(12)21-15/h5-6,10,17H,3-4,7-9H2,1-2H3,(H,18,19,20). The molecule has 1 atom stereocenters. The smallest absolute Gasteiger partial charge is 0.246 e. The zero-order valence-corrected chi connectivity index (χ0v) is 13.3. The summed E-state index contributed by atoms with van der Waals surface area (Å²) in [6, 6.07) is 6.16. The van der Waals surface area contributed by atoms with Crippen LogP contribution in [0.4, 0.5) is 5.13 Å². The number of carbonyl (C=O) groups is 1. The van der Waals surface area contributed by atoms with Gasteiger partial charge < -0.3 is 10.6 Å². The molecular formula is C16H21N3OS. The lowest BCUT2D eigenvalue weighted by molar-refractivity contribution is -0.122. The minimum Gasteiger partial charge on any atom is -0.303 e. The molecule has 0 bridgehead atoms. The van der Waals surface area contributed by atoms with Crippen molar-refractivity contribution in [3.05, 3.63) is 23.8 Å². The van der Waals surface area contributed by atoms with Crippen molar-refractivity contribution in [1.82, 2.24) is 10.3 Å². The molecule has 21 heavy (non-hydrogen) atoms. The molecule has 2 heterocycles. The average molecular weight is 303 g/mol. The lowest BCUT2D eigenvalue weighted by Crippen LogP contribution is -2.50. The Bertz CT molecular complexity index is 659. The second kappa shape index (κ2) is 5.73. The molecule has 1 amide bonds. The number of amides is 1. The number of aromatic nitrogens is 1. The number of benzene rings is 1. The lowest BCUT2D eigenvalue weighted by atomic mass is 9.91. The highest BCUT2D eigenvalue weighted by Gasteiger charge is 2.40. The van der Waals surface area contributed by atoms with Crippen LogP contribution in [0.25, 0.3) is 10.2 Å². The molecule has 0 saturated carbocycles. The summed E-state index contributed by atoms with van der Waals surface area (Å²) in [6.07, 6.45) is 3.85. The predicted octanol–water partition coefficient (Wildman–Crippen LogP) is 3.47. The van der Waals surface area contributed by atoms with E-state index in [1.165, 1.54) is 5.56 Å². The first-order valence-electron chi connectivity index (χ1n) is 7.57. The molecule has 0 spiro atoms. The van der Waals surface area contributed by atoms with E-state index < -0.39 is 5.54 Å². The lowest BCUT2D eigenvalue weighted by Gasteiger charge is -2.27. The Morgan fingerprint density at radius 3 is 3.10 bits per heavy atom. The third-order valence-corrected chi connectivity index (χ3v) is 5.05. The van der Waals surface area contributed by atoms with E-state index in [-0.39, 0.29) is 5.91 Å². The molecule has 1 fully saturated rings. The topological polar surface area (TPSA) is 54.0 Å². The van der Waals surface area contributed by atoms with Gasteiger partial charge in [-0.15, -0.1) is 0 Å². The Balaban J connectivity index is 1.82. The van der Waals surface area contributed by atoms with Crippen LogP contribution in [0.1, 0.15) is 38.2 Å². The van der Waals surface area contributed by atoms with Crippen molar-refractivity contribution in [3.8, 4) is 0 Å². The van der Waals surface area contributed by atoms with Crippen molar-refractivity contribution < 1.29 is 4.79 Å². The molecule has 1 aromatic heterocycles. The normalized spacial score (nSPS) is 21.8. The number of carbonyl (C=O) groups excluding carboxylic acids is 1. The van der Waals surface area contributed by atoms with Gasteiger partial charge in [0, 0.05) is 0 Å². The summed E-state index contributed by atoms with van der Waals surface area (Å²) >= 11 is 1.54. The van der Waals surface area contributed by atoms with E-state index in [4.69, 9.17) is 0 Å². The van der Waals surface area contributed by atoms with Crippen molar-refractivity contribution in [1.29, 1.82) is 0 Å². The van der Waals surface area contributed by atoms with Crippen LogP contribution in [0, 0.1) is 6.92 Å². The van der Waals surface area contributed by atoms with Crippen LogP contribution in [0.3, 0.4) is 0 Å². The van der Waals surface area contributed by atoms with E-state index in [1.54, 1.807) is 11.3 Å². The highest BCUT2D eigenvalue weighted by molar-refractivity contribution is 7.22. The number of nitrogens with zero attached hydrogens (tertiary/aromatic N) is 1. The summed E-state index contributed by atoms with van der Waals surface area (Å²) in [6.45, 7) is 5.11. The molecule has 0 radical (unpaired) electrons. The van der Waals surface area contributed by atoms with Gasteiger partial charge in [0.2, 0.25) is 5.91 Å². The minimum absolute atomic E-state index is 0.0672. The Labute approximate surface area is 129 Å². The van der Waals surface area contributed by atoms with Crippen molar-refractivity contribution in [3.63, 3.8) is 0 Å². The van der Waals surface area contributed by atoms with E-state index >= 15 is 0 Å². The van der Waals surface area contributed by atoms with Crippen LogP contribution >= 0.6 is 11.3 Å². The molecule has 2 aromatic rings. The third kappa shape index (κ3) is 2.80. The molecule has 1 saturated heterocycles. The molecule has 5 heteroatoms. The van der Waals surface area contributed by atoms with Crippen LogP contribution in [0.2, 0.25) is 0 Å². The monoisotopic (exact) mass is 303 g/mol. The first kappa shape index (κ1) is 14.5. The average Bonchev–Trinajstić information content (AvgIpc) is 3.06. The summed E-state index contributed by atoms with van der Waals surface area (Å²) in [5.74, 6) is 0.0672. The zero-order chi connectivity index (χ0) is 14.9. The number of fused-ring (bicyclic) bond motifs is 1. The molecule has 1 aromatic carbocycles. The Morgan fingerprint density at radius 2 is 2.38 bits per heavy atom. The van der Waals surface area contributed by atoms with Crippen molar-refractivity contribution in [2.45, 2.75) is 45.1 Å². The van der Waals surface area contributed by atoms with Crippen LogP contribution in [-0.2, 0) is 4.79 Å². The summed E-state index contributed by atoms with van der Waals surface area (Å²) in [5, 5.41) is 7.12. The first-order chi connectivity index (χ1) is 10.1. The number of hydrogen-bond acceptors (Lipinski definition) is 4. The predicted molar refractivity (Wildman–Crippen MR) is 87.9 cm³/mol. The highest BCUT2D eigenvalue weighted by atomic mass is 32.1. The van der Waals surface area contributed by atoms with Crippen LogP contribution < -0.4 is 10.6 Å². The number of aryl methyl sites for hydroxylation is 1. The third-order valence-electron chi connectivity index (χ3n) is 4.12. The molecule has 1 aliphatic heterocycles. The number of hydrogen-bond donors (Lipinski definition) is 2. The van der Waals surface area contributed by atoms with Crippen LogP contribution in [-0.4, -0.2) is 23.0 Å². The van der Waals surface area contributed by atoms with Gasteiger partial charge >= 0.3 is 0 Å². The second-order valence-corrected chi connectivity index (χ2v) is 6.84. The number of anilines is 1. The number of nitrogens with one attached hydrogen (secondary N) is 2. The Hall–Kier alpha value is -1.46. The summed E-state index contributed by atoms with van der Waals surface area (Å²) < 4.78 is 1.12. The summed E-state index contributed by atoms with van der Waals surface area (Å²) in [4.78, 5) is 17.2. The first-order valence-corrected chi connectivity index (χ1v) is 8.38.